The fourth-order valence-corrected chi connectivity index (χ4v) is 2.05. The lowest BCUT2D eigenvalue weighted by Gasteiger charge is -2.16. The van der Waals surface area contributed by atoms with E-state index >= 15 is 0 Å². The second-order valence-electron chi connectivity index (χ2n) is 4.95. The highest BCUT2D eigenvalue weighted by atomic mass is 35.5. The van der Waals surface area contributed by atoms with Crippen molar-refractivity contribution >= 4 is 17.6 Å². The van der Waals surface area contributed by atoms with E-state index in [1.54, 1.807) is 26.3 Å². The Morgan fingerprint density at radius 3 is 2.78 bits per heavy atom. The number of guanidine groups is 1. The molecule has 1 unspecified atom stereocenters. The smallest absolute Gasteiger partial charge is 0.246 e. The van der Waals surface area contributed by atoms with E-state index in [9.17, 15) is 0 Å². The van der Waals surface area contributed by atoms with Crippen LogP contribution in [0.1, 0.15) is 12.8 Å². The van der Waals surface area contributed by atoms with E-state index in [4.69, 9.17) is 20.9 Å². The molecule has 0 saturated carbocycles. The van der Waals surface area contributed by atoms with Crippen LogP contribution in [-0.4, -0.2) is 42.9 Å². The van der Waals surface area contributed by atoms with Crippen LogP contribution >= 0.6 is 11.6 Å². The number of ether oxygens (including phenoxy) is 1. The molecule has 0 amide bonds. The second-order valence-corrected chi connectivity index (χ2v) is 5.38. The number of aromatic nitrogens is 2. The second kappa shape index (κ2) is 8.50. The van der Waals surface area contributed by atoms with Gasteiger partial charge in [-0.3, -0.25) is 4.99 Å². The van der Waals surface area contributed by atoms with E-state index in [1.165, 1.54) is 0 Å². The van der Waals surface area contributed by atoms with Gasteiger partial charge in [0.15, 0.2) is 5.96 Å². The van der Waals surface area contributed by atoms with E-state index < -0.39 is 0 Å². The predicted molar refractivity (Wildman–Crippen MR) is 89.4 cm³/mol. The van der Waals surface area contributed by atoms with Gasteiger partial charge in [0.2, 0.25) is 11.7 Å². The molecule has 1 heterocycles. The fourth-order valence-electron chi connectivity index (χ4n) is 1.92. The SMILES string of the molecule is CN=C(NCc1nc(-c2ccc(Cl)cc2)no1)NC(C)COC. The largest absolute Gasteiger partial charge is 0.383 e. The first kappa shape index (κ1) is 17.2. The molecule has 1 aromatic carbocycles. The van der Waals surface area contributed by atoms with Gasteiger partial charge in [-0.15, -0.1) is 0 Å². The number of benzene rings is 1. The molecular weight excluding hydrogens is 318 g/mol. The van der Waals surface area contributed by atoms with E-state index in [0.29, 0.717) is 35.8 Å². The van der Waals surface area contributed by atoms with E-state index in [-0.39, 0.29) is 6.04 Å². The Labute approximate surface area is 140 Å². The molecule has 2 rings (SSSR count). The summed E-state index contributed by atoms with van der Waals surface area (Å²) in [6.07, 6.45) is 0. The molecule has 0 radical (unpaired) electrons. The van der Waals surface area contributed by atoms with Crippen LogP contribution in [0.15, 0.2) is 33.8 Å². The predicted octanol–water partition coefficient (Wildman–Crippen LogP) is 2.09. The van der Waals surface area contributed by atoms with E-state index in [2.05, 4.69) is 25.8 Å². The van der Waals surface area contributed by atoms with Crippen LogP contribution < -0.4 is 10.6 Å². The van der Waals surface area contributed by atoms with Crippen molar-refractivity contribution in [3.63, 3.8) is 0 Å². The van der Waals surface area contributed by atoms with Crippen molar-refractivity contribution in [1.29, 1.82) is 0 Å². The third kappa shape index (κ3) is 5.22. The van der Waals surface area contributed by atoms with Crippen molar-refractivity contribution in [3.8, 4) is 11.4 Å². The molecule has 0 fully saturated rings. The van der Waals surface area contributed by atoms with Gasteiger partial charge in [0.1, 0.15) is 0 Å². The van der Waals surface area contributed by atoms with Crippen molar-refractivity contribution in [2.24, 2.45) is 4.99 Å². The van der Waals surface area contributed by atoms with Crippen LogP contribution in [0.2, 0.25) is 5.02 Å². The van der Waals surface area contributed by atoms with Gasteiger partial charge in [-0.25, -0.2) is 0 Å². The molecule has 0 aliphatic carbocycles. The third-order valence-electron chi connectivity index (χ3n) is 3.00. The Hall–Kier alpha value is -2.12. The number of hydrogen-bond acceptors (Lipinski definition) is 5. The molecule has 8 heteroatoms. The number of nitrogens with one attached hydrogen (secondary N) is 2. The average molecular weight is 338 g/mol. The summed E-state index contributed by atoms with van der Waals surface area (Å²) in [7, 11) is 3.35. The summed E-state index contributed by atoms with van der Waals surface area (Å²) in [5, 5.41) is 10.9. The number of hydrogen-bond donors (Lipinski definition) is 2. The summed E-state index contributed by atoms with van der Waals surface area (Å²) in [5.74, 6) is 1.63. The Balaban J connectivity index is 1.92. The first-order valence-corrected chi connectivity index (χ1v) is 7.54. The van der Waals surface area contributed by atoms with E-state index in [1.807, 2.05) is 19.1 Å². The normalized spacial score (nSPS) is 13.0. The van der Waals surface area contributed by atoms with Crippen LogP contribution in [0.5, 0.6) is 0 Å². The molecule has 0 spiro atoms. The maximum absolute atomic E-state index is 5.87. The summed E-state index contributed by atoms with van der Waals surface area (Å²) in [5.41, 5.74) is 0.848. The third-order valence-corrected chi connectivity index (χ3v) is 3.25. The zero-order chi connectivity index (χ0) is 16.7. The van der Waals surface area contributed by atoms with Crippen molar-refractivity contribution in [1.82, 2.24) is 20.8 Å². The Bertz CT molecular complexity index is 642. The topological polar surface area (TPSA) is 84.6 Å². The lowest BCUT2D eigenvalue weighted by Crippen LogP contribution is -2.43. The van der Waals surface area contributed by atoms with Crippen molar-refractivity contribution < 1.29 is 9.26 Å². The molecule has 2 N–H and O–H groups in total. The minimum Gasteiger partial charge on any atom is -0.383 e. The summed E-state index contributed by atoms with van der Waals surface area (Å²) < 4.78 is 10.3. The summed E-state index contributed by atoms with van der Waals surface area (Å²) in [6, 6.07) is 7.40. The lowest BCUT2D eigenvalue weighted by molar-refractivity contribution is 0.179. The maximum Gasteiger partial charge on any atom is 0.246 e. The van der Waals surface area contributed by atoms with Gasteiger partial charge >= 0.3 is 0 Å². The Morgan fingerprint density at radius 2 is 2.13 bits per heavy atom. The number of nitrogens with zero attached hydrogens (tertiary/aromatic N) is 3. The van der Waals surface area contributed by atoms with Gasteiger partial charge in [-0.05, 0) is 31.2 Å². The van der Waals surface area contributed by atoms with Gasteiger partial charge < -0.3 is 19.9 Å². The number of rotatable bonds is 6. The molecule has 7 nitrogen and oxygen atoms in total. The van der Waals surface area contributed by atoms with Crippen LogP contribution in [0.25, 0.3) is 11.4 Å². The molecule has 23 heavy (non-hydrogen) atoms. The van der Waals surface area contributed by atoms with Gasteiger partial charge in [0.05, 0.1) is 13.2 Å². The Morgan fingerprint density at radius 1 is 1.39 bits per heavy atom. The summed E-state index contributed by atoms with van der Waals surface area (Å²) in [4.78, 5) is 8.48. The summed E-state index contributed by atoms with van der Waals surface area (Å²) in [6.45, 7) is 2.96. The molecule has 1 aromatic heterocycles. The number of halogens is 1. The van der Waals surface area contributed by atoms with Gasteiger partial charge in [-0.1, -0.05) is 16.8 Å². The highest BCUT2D eigenvalue weighted by molar-refractivity contribution is 6.30. The molecular formula is C15H20ClN5O2. The highest BCUT2D eigenvalue weighted by Gasteiger charge is 2.10. The minimum atomic E-state index is 0.138. The lowest BCUT2D eigenvalue weighted by atomic mass is 10.2. The molecule has 1 atom stereocenters. The first-order valence-electron chi connectivity index (χ1n) is 7.17. The van der Waals surface area contributed by atoms with E-state index in [0.717, 1.165) is 5.56 Å². The average Bonchev–Trinajstić information content (AvgIpc) is 3.01. The highest BCUT2D eigenvalue weighted by Crippen LogP contribution is 2.18. The van der Waals surface area contributed by atoms with Crippen molar-refractivity contribution in [2.75, 3.05) is 20.8 Å². The first-order chi connectivity index (χ1) is 11.1. The number of aliphatic imine (C=N–C) groups is 1. The standard InChI is InChI=1S/C15H20ClN5O2/c1-10(9-22-3)19-15(17-2)18-8-13-20-14(21-23-13)11-4-6-12(16)7-5-11/h4-7,10H,8-9H2,1-3H3,(H2,17,18,19). The van der Waals surface area contributed by atoms with Crippen LogP contribution in [-0.2, 0) is 11.3 Å². The molecule has 0 aliphatic heterocycles. The van der Waals surface area contributed by atoms with Gasteiger partial charge in [0.25, 0.3) is 0 Å². The van der Waals surface area contributed by atoms with Crippen molar-refractivity contribution in [3.05, 3.63) is 35.2 Å². The van der Waals surface area contributed by atoms with Crippen LogP contribution in [0.3, 0.4) is 0 Å². The zero-order valence-corrected chi connectivity index (χ0v) is 14.1. The Kier molecular flexibility index (Phi) is 6.37. The quantitative estimate of drug-likeness (QED) is 0.620. The zero-order valence-electron chi connectivity index (χ0n) is 13.3. The maximum atomic E-state index is 5.87. The van der Waals surface area contributed by atoms with Crippen LogP contribution in [0, 0.1) is 0 Å². The minimum absolute atomic E-state index is 0.138. The number of methoxy groups -OCH3 is 1. The van der Waals surface area contributed by atoms with Gasteiger partial charge in [-0.2, -0.15) is 4.98 Å². The molecule has 0 bridgehead atoms. The molecule has 0 saturated heterocycles. The molecule has 2 aromatic rings. The van der Waals surface area contributed by atoms with Crippen molar-refractivity contribution in [2.45, 2.75) is 19.5 Å². The fraction of sp³-hybridized carbons (Fsp3) is 0.400. The summed E-state index contributed by atoms with van der Waals surface area (Å²) >= 11 is 5.87. The van der Waals surface area contributed by atoms with Gasteiger partial charge in [0, 0.05) is 30.8 Å². The molecule has 124 valence electrons. The van der Waals surface area contributed by atoms with Crippen LogP contribution in [0.4, 0.5) is 0 Å². The monoisotopic (exact) mass is 337 g/mol. The molecule has 0 aliphatic rings.